The second-order valence-corrected chi connectivity index (χ2v) is 4.76. The van der Waals surface area contributed by atoms with Crippen LogP contribution in [0.25, 0.3) is 0 Å². The Bertz CT molecular complexity index is 403. The molecular weight excluding hydrogens is 228 g/mol. The third kappa shape index (κ3) is 3.47. The zero-order valence-corrected chi connectivity index (χ0v) is 10.8. The molecule has 1 aromatic rings. The van der Waals surface area contributed by atoms with Crippen molar-refractivity contribution in [2.24, 2.45) is 0 Å². The van der Waals surface area contributed by atoms with Crippen molar-refractivity contribution < 1.29 is 9.53 Å². The maximum Gasteiger partial charge on any atom is 0.223 e. The van der Waals surface area contributed by atoms with Gasteiger partial charge in [-0.3, -0.25) is 4.79 Å². The van der Waals surface area contributed by atoms with E-state index in [4.69, 9.17) is 10.5 Å². The van der Waals surface area contributed by atoms with Gasteiger partial charge in [0, 0.05) is 25.2 Å². The average Bonchev–Trinajstić information content (AvgIpc) is 2.38. The van der Waals surface area contributed by atoms with Crippen molar-refractivity contribution in [1.82, 2.24) is 4.90 Å². The molecule has 2 N–H and O–H groups in total. The number of hydrogen-bond donors (Lipinski definition) is 1. The van der Waals surface area contributed by atoms with Crippen molar-refractivity contribution in [3.05, 3.63) is 29.8 Å². The summed E-state index contributed by atoms with van der Waals surface area (Å²) in [5, 5.41) is 0. The molecule has 0 saturated carbocycles. The van der Waals surface area contributed by atoms with Gasteiger partial charge in [0.2, 0.25) is 5.91 Å². The molecule has 1 saturated heterocycles. The maximum atomic E-state index is 12.0. The predicted octanol–water partition coefficient (Wildman–Crippen LogP) is 1.45. The van der Waals surface area contributed by atoms with E-state index in [1.165, 1.54) is 0 Å². The molecule has 1 aromatic carbocycles. The summed E-state index contributed by atoms with van der Waals surface area (Å²) >= 11 is 0. The van der Waals surface area contributed by atoms with Crippen LogP contribution in [0.1, 0.15) is 18.9 Å². The minimum Gasteiger partial charge on any atom is -0.399 e. The molecule has 0 bridgehead atoms. The van der Waals surface area contributed by atoms with Crippen LogP contribution in [0.3, 0.4) is 0 Å². The minimum absolute atomic E-state index is 0.152. The first-order valence-electron chi connectivity index (χ1n) is 6.39. The van der Waals surface area contributed by atoms with Gasteiger partial charge in [-0.1, -0.05) is 12.1 Å². The quantitative estimate of drug-likeness (QED) is 0.824. The summed E-state index contributed by atoms with van der Waals surface area (Å²) in [5.74, 6) is 0.210. The number of amides is 1. The molecule has 1 fully saturated rings. The molecule has 4 heteroatoms. The minimum atomic E-state index is 0.152. The first kappa shape index (κ1) is 12.9. The Morgan fingerprint density at radius 1 is 1.44 bits per heavy atom. The summed E-state index contributed by atoms with van der Waals surface area (Å²) in [6.07, 6.45) is 1.47. The van der Waals surface area contributed by atoms with Crippen molar-refractivity contribution in [3.63, 3.8) is 0 Å². The Balaban J connectivity index is 1.82. The normalized spacial score (nSPS) is 19.8. The summed E-state index contributed by atoms with van der Waals surface area (Å²) in [5.41, 5.74) is 7.53. The van der Waals surface area contributed by atoms with Crippen molar-refractivity contribution in [3.8, 4) is 0 Å². The van der Waals surface area contributed by atoms with E-state index in [0.29, 0.717) is 26.1 Å². The number of benzene rings is 1. The number of nitrogen functional groups attached to an aromatic ring is 1. The molecule has 1 unspecified atom stereocenters. The predicted molar refractivity (Wildman–Crippen MR) is 71.2 cm³/mol. The Morgan fingerprint density at radius 3 is 2.83 bits per heavy atom. The molecule has 1 aliphatic rings. The molecule has 4 nitrogen and oxygen atoms in total. The van der Waals surface area contributed by atoms with Crippen LogP contribution < -0.4 is 5.73 Å². The van der Waals surface area contributed by atoms with Crippen LogP contribution in [0.5, 0.6) is 0 Å². The first-order valence-corrected chi connectivity index (χ1v) is 6.39. The van der Waals surface area contributed by atoms with Gasteiger partial charge in [-0.25, -0.2) is 0 Å². The lowest BCUT2D eigenvalue weighted by molar-refractivity contribution is -0.138. The lowest BCUT2D eigenvalue weighted by Crippen LogP contribution is -2.44. The fourth-order valence-electron chi connectivity index (χ4n) is 2.14. The molecule has 1 heterocycles. The lowest BCUT2D eigenvalue weighted by Gasteiger charge is -2.31. The van der Waals surface area contributed by atoms with Crippen LogP contribution in [0.2, 0.25) is 0 Å². The van der Waals surface area contributed by atoms with Gasteiger partial charge in [0.1, 0.15) is 0 Å². The van der Waals surface area contributed by atoms with Crippen LogP contribution >= 0.6 is 0 Å². The van der Waals surface area contributed by atoms with Gasteiger partial charge in [-0.2, -0.15) is 0 Å². The van der Waals surface area contributed by atoms with Gasteiger partial charge in [0.05, 0.1) is 12.7 Å². The van der Waals surface area contributed by atoms with E-state index < -0.39 is 0 Å². The van der Waals surface area contributed by atoms with Crippen LogP contribution in [0.15, 0.2) is 24.3 Å². The van der Waals surface area contributed by atoms with Crippen molar-refractivity contribution in [2.75, 3.05) is 25.4 Å². The van der Waals surface area contributed by atoms with Gasteiger partial charge >= 0.3 is 0 Å². The van der Waals surface area contributed by atoms with E-state index in [0.717, 1.165) is 17.7 Å². The number of ether oxygens (including phenoxy) is 1. The smallest absolute Gasteiger partial charge is 0.223 e. The fourth-order valence-corrected chi connectivity index (χ4v) is 2.14. The summed E-state index contributed by atoms with van der Waals surface area (Å²) < 4.78 is 5.43. The van der Waals surface area contributed by atoms with Crippen molar-refractivity contribution in [2.45, 2.75) is 25.9 Å². The first-order chi connectivity index (χ1) is 8.65. The van der Waals surface area contributed by atoms with E-state index in [9.17, 15) is 4.79 Å². The van der Waals surface area contributed by atoms with Crippen LogP contribution in [0, 0.1) is 0 Å². The molecule has 1 aliphatic heterocycles. The largest absolute Gasteiger partial charge is 0.399 e. The van der Waals surface area contributed by atoms with Crippen molar-refractivity contribution >= 4 is 11.6 Å². The van der Waals surface area contributed by atoms with Gasteiger partial charge in [-0.05, 0) is 31.0 Å². The van der Waals surface area contributed by atoms with E-state index in [1.807, 2.05) is 36.1 Å². The lowest BCUT2D eigenvalue weighted by atomic mass is 10.1. The summed E-state index contributed by atoms with van der Waals surface area (Å²) in [6, 6.07) is 7.70. The van der Waals surface area contributed by atoms with E-state index >= 15 is 0 Å². The van der Waals surface area contributed by atoms with Crippen LogP contribution in [0.4, 0.5) is 5.69 Å². The highest BCUT2D eigenvalue weighted by Crippen LogP contribution is 2.11. The van der Waals surface area contributed by atoms with Gasteiger partial charge in [0.15, 0.2) is 0 Å². The highest BCUT2D eigenvalue weighted by atomic mass is 16.5. The highest BCUT2D eigenvalue weighted by molar-refractivity contribution is 5.76. The average molecular weight is 248 g/mol. The Morgan fingerprint density at radius 2 is 2.17 bits per heavy atom. The molecule has 18 heavy (non-hydrogen) atoms. The number of nitrogens with zero attached hydrogens (tertiary/aromatic N) is 1. The van der Waals surface area contributed by atoms with Crippen LogP contribution in [-0.2, 0) is 16.0 Å². The molecule has 0 spiro atoms. The molecule has 2 rings (SSSR count). The Hall–Kier alpha value is -1.55. The number of morpholine rings is 1. The molecule has 1 amide bonds. The van der Waals surface area contributed by atoms with Crippen molar-refractivity contribution in [1.29, 1.82) is 0 Å². The third-order valence-electron chi connectivity index (χ3n) is 3.20. The number of carbonyl (C=O) groups excluding carboxylic acids is 1. The number of aryl methyl sites for hydroxylation is 1. The number of anilines is 1. The topological polar surface area (TPSA) is 55.6 Å². The summed E-state index contributed by atoms with van der Waals surface area (Å²) in [4.78, 5) is 13.9. The fraction of sp³-hybridized carbons (Fsp3) is 0.500. The number of nitrogens with two attached hydrogens (primary N) is 1. The van der Waals surface area contributed by atoms with E-state index in [1.54, 1.807) is 0 Å². The number of carbonyl (C=O) groups is 1. The summed E-state index contributed by atoms with van der Waals surface area (Å²) in [7, 11) is 0. The third-order valence-corrected chi connectivity index (χ3v) is 3.20. The molecule has 0 radical (unpaired) electrons. The molecule has 0 aromatic heterocycles. The second-order valence-electron chi connectivity index (χ2n) is 4.76. The summed E-state index contributed by atoms with van der Waals surface area (Å²) in [6.45, 7) is 4.07. The molecule has 0 aliphatic carbocycles. The van der Waals surface area contributed by atoms with Gasteiger partial charge in [0.25, 0.3) is 0 Å². The maximum absolute atomic E-state index is 12.0. The highest BCUT2D eigenvalue weighted by Gasteiger charge is 2.20. The second kappa shape index (κ2) is 5.87. The molecule has 1 atom stereocenters. The zero-order chi connectivity index (χ0) is 13.0. The van der Waals surface area contributed by atoms with Crippen LogP contribution in [-0.4, -0.2) is 36.6 Å². The van der Waals surface area contributed by atoms with E-state index in [2.05, 4.69) is 0 Å². The monoisotopic (exact) mass is 248 g/mol. The standard InChI is InChI=1S/C14H20N2O2/c1-11-10-16(8-9-18-11)14(17)7-4-12-2-5-13(15)6-3-12/h2-3,5-6,11H,4,7-10,15H2,1H3. The Kier molecular flexibility index (Phi) is 4.20. The van der Waals surface area contributed by atoms with E-state index in [-0.39, 0.29) is 12.0 Å². The molecular formula is C14H20N2O2. The van der Waals surface area contributed by atoms with Gasteiger partial charge < -0.3 is 15.4 Å². The number of rotatable bonds is 3. The molecule has 98 valence electrons. The number of hydrogen-bond acceptors (Lipinski definition) is 3. The Labute approximate surface area is 108 Å². The van der Waals surface area contributed by atoms with Gasteiger partial charge in [-0.15, -0.1) is 0 Å². The SMILES string of the molecule is CC1CN(C(=O)CCc2ccc(N)cc2)CCO1. The zero-order valence-electron chi connectivity index (χ0n) is 10.8.